The summed E-state index contributed by atoms with van der Waals surface area (Å²) in [5, 5.41) is 7.50. The van der Waals surface area contributed by atoms with Crippen LogP contribution in [0.5, 0.6) is 0 Å². The van der Waals surface area contributed by atoms with Crippen molar-refractivity contribution >= 4 is 21.6 Å². The number of sulfonamides is 1. The molecule has 0 heterocycles. The Hall–Kier alpha value is -1.60. The predicted octanol–water partition coefficient (Wildman–Crippen LogP) is -0.00380. The molecule has 0 aliphatic carbocycles. The largest absolute Gasteiger partial charge is 0.399 e. The van der Waals surface area contributed by atoms with Crippen LogP contribution in [0.3, 0.4) is 0 Å². The molecule has 7 heteroatoms. The number of benzene rings is 1. The van der Waals surface area contributed by atoms with Gasteiger partial charge in [0.15, 0.2) is 0 Å². The van der Waals surface area contributed by atoms with Gasteiger partial charge in [-0.2, -0.15) is 0 Å². The first kappa shape index (κ1) is 15.5. The highest BCUT2D eigenvalue weighted by Gasteiger charge is 2.04. The Kier molecular flexibility index (Phi) is 5.78. The summed E-state index contributed by atoms with van der Waals surface area (Å²) in [5.74, 6) is -0.225. The quantitative estimate of drug-likeness (QED) is 0.483. The highest BCUT2D eigenvalue weighted by atomic mass is 32.2. The molecule has 1 aromatic rings. The molecular formula is C12H19N3O3S. The highest BCUT2D eigenvalue weighted by Crippen LogP contribution is 2.07. The van der Waals surface area contributed by atoms with E-state index < -0.39 is 10.0 Å². The van der Waals surface area contributed by atoms with Gasteiger partial charge < -0.3 is 11.1 Å². The van der Waals surface area contributed by atoms with Crippen LogP contribution in [0.15, 0.2) is 24.3 Å². The van der Waals surface area contributed by atoms with Crippen molar-refractivity contribution in [1.29, 1.82) is 0 Å². The smallest absolute Gasteiger partial charge is 0.220 e. The standard InChI is InChI=1S/C12H19N3O3S/c13-11-5-2-10(3-6-11)4-7-12(16)15-8-1-9-19(14,17)18/h2-3,5-6H,1,4,7-9,13H2,(H,15,16)(H2,14,17,18). The van der Waals surface area contributed by atoms with Crippen LogP contribution in [-0.4, -0.2) is 26.6 Å². The van der Waals surface area contributed by atoms with E-state index >= 15 is 0 Å². The van der Waals surface area contributed by atoms with Gasteiger partial charge in [0.25, 0.3) is 0 Å². The van der Waals surface area contributed by atoms with Crippen LogP contribution in [0.2, 0.25) is 0 Å². The van der Waals surface area contributed by atoms with Crippen LogP contribution in [0.4, 0.5) is 5.69 Å². The minimum Gasteiger partial charge on any atom is -0.399 e. The molecule has 1 aromatic carbocycles. The third-order valence-electron chi connectivity index (χ3n) is 2.55. The van der Waals surface area contributed by atoms with Crippen molar-refractivity contribution in [2.45, 2.75) is 19.3 Å². The lowest BCUT2D eigenvalue weighted by Crippen LogP contribution is -2.27. The second kappa shape index (κ2) is 7.10. The van der Waals surface area contributed by atoms with E-state index in [1.54, 1.807) is 12.1 Å². The van der Waals surface area contributed by atoms with Gasteiger partial charge in [0.1, 0.15) is 0 Å². The number of hydrogen-bond acceptors (Lipinski definition) is 4. The first-order valence-electron chi connectivity index (χ1n) is 5.98. The SMILES string of the molecule is Nc1ccc(CCC(=O)NCCCS(N)(=O)=O)cc1. The lowest BCUT2D eigenvalue weighted by atomic mass is 10.1. The van der Waals surface area contributed by atoms with E-state index in [-0.39, 0.29) is 11.7 Å². The fourth-order valence-electron chi connectivity index (χ4n) is 1.53. The summed E-state index contributed by atoms with van der Waals surface area (Å²) in [7, 11) is -3.44. The number of carbonyl (C=O) groups excluding carboxylic acids is 1. The van der Waals surface area contributed by atoms with Crippen molar-refractivity contribution in [2.75, 3.05) is 18.0 Å². The summed E-state index contributed by atoms with van der Waals surface area (Å²) in [6.07, 6.45) is 1.31. The van der Waals surface area contributed by atoms with Crippen LogP contribution in [-0.2, 0) is 21.2 Å². The van der Waals surface area contributed by atoms with E-state index in [2.05, 4.69) is 5.32 Å². The van der Waals surface area contributed by atoms with Gasteiger partial charge >= 0.3 is 0 Å². The first-order chi connectivity index (χ1) is 8.87. The van der Waals surface area contributed by atoms with Crippen molar-refractivity contribution in [3.63, 3.8) is 0 Å². The fourth-order valence-corrected chi connectivity index (χ4v) is 2.08. The van der Waals surface area contributed by atoms with E-state index in [1.165, 1.54) is 0 Å². The second-order valence-corrected chi connectivity index (χ2v) is 6.05. The molecule has 0 aromatic heterocycles. The number of rotatable bonds is 7. The van der Waals surface area contributed by atoms with Crippen molar-refractivity contribution in [2.24, 2.45) is 5.14 Å². The van der Waals surface area contributed by atoms with Crippen LogP contribution in [0.1, 0.15) is 18.4 Å². The van der Waals surface area contributed by atoms with Crippen LogP contribution in [0.25, 0.3) is 0 Å². The Labute approximate surface area is 113 Å². The van der Waals surface area contributed by atoms with E-state index in [0.29, 0.717) is 31.5 Å². The topological polar surface area (TPSA) is 115 Å². The minimum absolute atomic E-state index is 0.105. The van der Waals surface area contributed by atoms with E-state index in [0.717, 1.165) is 5.56 Å². The van der Waals surface area contributed by atoms with Gasteiger partial charge in [-0.1, -0.05) is 12.1 Å². The summed E-state index contributed by atoms with van der Waals surface area (Å²) in [5.41, 5.74) is 7.29. The number of aryl methyl sites for hydroxylation is 1. The number of carbonyl (C=O) groups is 1. The Bertz CT molecular complexity index is 512. The third kappa shape index (κ3) is 7.43. The Balaban J connectivity index is 2.19. The fraction of sp³-hybridized carbons (Fsp3) is 0.417. The molecule has 0 radical (unpaired) electrons. The van der Waals surface area contributed by atoms with E-state index in [4.69, 9.17) is 10.9 Å². The average molecular weight is 285 g/mol. The number of nitrogens with two attached hydrogens (primary N) is 2. The maximum atomic E-state index is 11.5. The summed E-state index contributed by atoms with van der Waals surface area (Å²) < 4.78 is 21.3. The van der Waals surface area contributed by atoms with Gasteiger partial charge in [0.05, 0.1) is 5.75 Å². The van der Waals surface area contributed by atoms with Crippen LogP contribution >= 0.6 is 0 Å². The molecule has 106 valence electrons. The molecule has 0 bridgehead atoms. The molecule has 0 fully saturated rings. The molecular weight excluding hydrogens is 266 g/mol. The van der Waals surface area contributed by atoms with Gasteiger partial charge in [0.2, 0.25) is 15.9 Å². The van der Waals surface area contributed by atoms with E-state index in [9.17, 15) is 13.2 Å². The molecule has 1 amide bonds. The zero-order valence-electron chi connectivity index (χ0n) is 10.6. The minimum atomic E-state index is -3.44. The molecule has 0 unspecified atom stereocenters. The number of anilines is 1. The predicted molar refractivity (Wildman–Crippen MR) is 74.8 cm³/mol. The Morgan fingerprint density at radius 2 is 1.84 bits per heavy atom. The molecule has 0 aliphatic rings. The number of amides is 1. The van der Waals surface area contributed by atoms with Crippen LogP contribution in [0, 0.1) is 0 Å². The molecule has 0 atom stereocenters. The summed E-state index contributed by atoms with van der Waals surface area (Å²) in [4.78, 5) is 11.5. The van der Waals surface area contributed by atoms with Crippen molar-refractivity contribution < 1.29 is 13.2 Å². The molecule has 6 nitrogen and oxygen atoms in total. The first-order valence-corrected chi connectivity index (χ1v) is 7.70. The molecule has 0 aliphatic heterocycles. The highest BCUT2D eigenvalue weighted by molar-refractivity contribution is 7.89. The lowest BCUT2D eigenvalue weighted by Gasteiger charge is -2.05. The molecule has 0 spiro atoms. The molecule has 1 rings (SSSR count). The maximum absolute atomic E-state index is 11.5. The van der Waals surface area contributed by atoms with Gasteiger partial charge in [0, 0.05) is 18.7 Å². The average Bonchev–Trinajstić information content (AvgIpc) is 2.33. The normalized spacial score (nSPS) is 11.2. The molecule has 5 N–H and O–H groups in total. The number of nitrogens with one attached hydrogen (secondary N) is 1. The van der Waals surface area contributed by atoms with Gasteiger partial charge in [-0.3, -0.25) is 4.79 Å². The summed E-state index contributed by atoms with van der Waals surface area (Å²) >= 11 is 0. The van der Waals surface area contributed by atoms with Crippen molar-refractivity contribution in [1.82, 2.24) is 5.32 Å². The summed E-state index contributed by atoms with van der Waals surface area (Å²) in [6, 6.07) is 7.34. The summed E-state index contributed by atoms with van der Waals surface area (Å²) in [6.45, 7) is 0.316. The molecule has 0 saturated carbocycles. The van der Waals surface area contributed by atoms with E-state index in [1.807, 2.05) is 12.1 Å². The van der Waals surface area contributed by atoms with Gasteiger partial charge in [-0.15, -0.1) is 0 Å². The third-order valence-corrected chi connectivity index (χ3v) is 3.41. The number of primary sulfonamides is 1. The van der Waals surface area contributed by atoms with Crippen molar-refractivity contribution in [3.8, 4) is 0 Å². The van der Waals surface area contributed by atoms with Crippen molar-refractivity contribution in [3.05, 3.63) is 29.8 Å². The van der Waals surface area contributed by atoms with Gasteiger partial charge in [-0.05, 0) is 30.5 Å². The number of hydrogen-bond donors (Lipinski definition) is 3. The molecule has 0 saturated heterocycles. The molecule has 19 heavy (non-hydrogen) atoms. The monoisotopic (exact) mass is 285 g/mol. The second-order valence-electron chi connectivity index (χ2n) is 4.31. The maximum Gasteiger partial charge on any atom is 0.220 e. The zero-order valence-corrected chi connectivity index (χ0v) is 11.4. The Morgan fingerprint density at radius 3 is 2.42 bits per heavy atom. The van der Waals surface area contributed by atoms with Crippen LogP contribution < -0.4 is 16.2 Å². The lowest BCUT2D eigenvalue weighted by molar-refractivity contribution is -0.121. The zero-order chi connectivity index (χ0) is 14.3. The Morgan fingerprint density at radius 1 is 1.21 bits per heavy atom. The number of nitrogen functional groups attached to an aromatic ring is 1. The van der Waals surface area contributed by atoms with Gasteiger partial charge in [-0.25, -0.2) is 13.6 Å².